The fraction of sp³-hybridized carbons (Fsp3) is 0.455. The lowest BCUT2D eigenvalue weighted by atomic mass is 9.68. The van der Waals surface area contributed by atoms with Crippen molar-refractivity contribution in [1.29, 1.82) is 0 Å². The highest BCUT2D eigenvalue weighted by molar-refractivity contribution is 8.00. The van der Waals surface area contributed by atoms with E-state index in [9.17, 15) is 24.3 Å². The van der Waals surface area contributed by atoms with E-state index >= 15 is 0 Å². The highest BCUT2D eigenvalue weighted by Crippen LogP contribution is 2.68. The minimum atomic E-state index is -1.18. The number of likely N-dealkylation sites (tertiary alicyclic amines) is 1. The Labute approximate surface area is 191 Å². The maximum atomic E-state index is 13.1. The molecule has 0 radical (unpaired) electrons. The van der Waals surface area contributed by atoms with Crippen LogP contribution < -0.4 is 9.61 Å². The van der Waals surface area contributed by atoms with Crippen LogP contribution in [0.3, 0.4) is 0 Å². The molecule has 10 heteroatoms. The van der Waals surface area contributed by atoms with Crippen LogP contribution >= 0.6 is 23.1 Å². The first-order valence-corrected chi connectivity index (χ1v) is 12.2. The number of nitrogens with zero attached hydrogens (tertiary/aromatic N) is 1. The number of thiazole rings is 1. The van der Waals surface area contributed by atoms with E-state index in [0.29, 0.717) is 0 Å². The molecule has 2 aromatic rings. The van der Waals surface area contributed by atoms with Crippen molar-refractivity contribution in [2.45, 2.75) is 22.6 Å². The van der Waals surface area contributed by atoms with Crippen LogP contribution in [0.2, 0.25) is 0 Å². The van der Waals surface area contributed by atoms with E-state index in [-0.39, 0.29) is 45.6 Å². The van der Waals surface area contributed by atoms with Gasteiger partial charge in [0, 0.05) is 16.0 Å². The molecule has 4 aliphatic rings. The summed E-state index contributed by atoms with van der Waals surface area (Å²) < 4.78 is 5.30. The average Bonchev–Trinajstić information content (AvgIpc) is 3.49. The van der Waals surface area contributed by atoms with E-state index in [4.69, 9.17) is 4.74 Å². The van der Waals surface area contributed by atoms with Gasteiger partial charge in [0.25, 0.3) is 0 Å². The number of amides is 2. The molecule has 2 saturated carbocycles. The van der Waals surface area contributed by atoms with Gasteiger partial charge in [0.1, 0.15) is 12.3 Å². The molecule has 8 nitrogen and oxygen atoms in total. The van der Waals surface area contributed by atoms with Crippen molar-refractivity contribution in [1.82, 2.24) is 9.88 Å². The van der Waals surface area contributed by atoms with Crippen molar-refractivity contribution in [3.05, 3.63) is 44.4 Å². The number of aliphatic carboxylic acids is 1. The summed E-state index contributed by atoms with van der Waals surface area (Å²) in [6.07, 6.45) is 0.780. The predicted molar refractivity (Wildman–Crippen MR) is 116 cm³/mol. The number of H-pyrrole nitrogens is 1. The Kier molecular flexibility index (Phi) is 4.36. The number of benzene rings is 1. The Bertz CT molecular complexity index is 1200. The van der Waals surface area contributed by atoms with E-state index in [1.165, 1.54) is 11.3 Å². The molecule has 0 unspecified atom stereocenters. The number of carboxylic acids is 1. The van der Waals surface area contributed by atoms with Gasteiger partial charge in [-0.2, -0.15) is 0 Å². The Morgan fingerprint density at radius 1 is 1.16 bits per heavy atom. The third-order valence-corrected chi connectivity index (χ3v) is 10.2. The number of carboxylic acid groups (broad SMARTS) is 1. The number of methoxy groups -OCH3 is 1. The first-order valence-electron chi connectivity index (χ1n) is 10.5. The van der Waals surface area contributed by atoms with Gasteiger partial charge in [-0.05, 0) is 41.9 Å². The monoisotopic (exact) mass is 472 g/mol. The first kappa shape index (κ1) is 20.0. The summed E-state index contributed by atoms with van der Waals surface area (Å²) in [6.45, 7) is -0.574. The Hall–Kier alpha value is -2.59. The van der Waals surface area contributed by atoms with Crippen molar-refractivity contribution < 1.29 is 24.2 Å². The van der Waals surface area contributed by atoms with Gasteiger partial charge in [0.15, 0.2) is 0 Å². The van der Waals surface area contributed by atoms with Crippen molar-refractivity contribution in [3.8, 4) is 5.75 Å². The zero-order valence-corrected chi connectivity index (χ0v) is 18.7. The topological polar surface area (TPSA) is 117 Å². The van der Waals surface area contributed by atoms with E-state index in [0.717, 1.165) is 32.5 Å². The summed E-state index contributed by atoms with van der Waals surface area (Å²) >= 11 is 2.83. The Morgan fingerprint density at radius 2 is 1.84 bits per heavy atom. The molecule has 166 valence electrons. The fourth-order valence-electron chi connectivity index (χ4n) is 6.55. The molecule has 7 atom stereocenters. The third-order valence-electron chi connectivity index (χ3n) is 7.58. The normalized spacial score (nSPS) is 34.4. The molecule has 1 saturated heterocycles. The fourth-order valence-corrected chi connectivity index (χ4v) is 9.44. The molecule has 1 aromatic carbocycles. The number of ether oxygens (including phenoxy) is 1. The van der Waals surface area contributed by atoms with Gasteiger partial charge in [-0.25, -0.2) is 0 Å². The van der Waals surface area contributed by atoms with Gasteiger partial charge in [-0.3, -0.25) is 24.1 Å². The number of aromatic amines is 1. The van der Waals surface area contributed by atoms with Gasteiger partial charge < -0.3 is 14.8 Å². The molecular weight excluding hydrogens is 452 g/mol. The van der Waals surface area contributed by atoms with Crippen LogP contribution in [0.1, 0.15) is 22.8 Å². The molecule has 1 aromatic heterocycles. The van der Waals surface area contributed by atoms with Gasteiger partial charge in [-0.15, -0.1) is 11.8 Å². The molecule has 3 heterocycles. The second kappa shape index (κ2) is 6.95. The molecule has 0 spiro atoms. The van der Waals surface area contributed by atoms with Gasteiger partial charge in [0.05, 0.1) is 24.0 Å². The molecule has 2 aliphatic heterocycles. The van der Waals surface area contributed by atoms with Gasteiger partial charge >= 0.3 is 10.8 Å². The van der Waals surface area contributed by atoms with Gasteiger partial charge in [0.2, 0.25) is 11.8 Å². The van der Waals surface area contributed by atoms with Crippen molar-refractivity contribution in [2.75, 3.05) is 13.7 Å². The van der Waals surface area contributed by atoms with Crippen molar-refractivity contribution >= 4 is 40.9 Å². The number of rotatable bonds is 4. The number of carbonyl (C=O) groups excluding carboxylic acids is 2. The molecular formula is C22H20N2O6S2. The van der Waals surface area contributed by atoms with Crippen LogP contribution in [0.5, 0.6) is 5.75 Å². The van der Waals surface area contributed by atoms with E-state index < -0.39 is 24.3 Å². The quantitative estimate of drug-likeness (QED) is 0.654. The van der Waals surface area contributed by atoms with E-state index in [1.54, 1.807) is 18.9 Å². The zero-order valence-electron chi connectivity index (χ0n) is 17.0. The maximum absolute atomic E-state index is 13.1. The Balaban J connectivity index is 1.44. The van der Waals surface area contributed by atoms with Crippen molar-refractivity contribution in [3.63, 3.8) is 0 Å². The van der Waals surface area contributed by atoms with E-state index in [1.807, 2.05) is 24.3 Å². The van der Waals surface area contributed by atoms with E-state index in [2.05, 4.69) is 4.98 Å². The SMILES string of the molecule is COc1ccc([C@H]2c3sc(=O)[nH]c3S[C@H]3[C@@H]4C[C@H]([C@H]5C(=O)N(CC(=O)O)C(=O)[C@H]45)[C@H]23)cc1. The summed E-state index contributed by atoms with van der Waals surface area (Å²) in [6, 6.07) is 7.81. The lowest BCUT2D eigenvalue weighted by Gasteiger charge is -2.43. The smallest absolute Gasteiger partial charge is 0.323 e. The second-order valence-electron chi connectivity index (χ2n) is 8.89. The molecule has 2 bridgehead atoms. The number of fused-ring (bicyclic) bond motifs is 9. The highest BCUT2D eigenvalue weighted by atomic mass is 32.2. The van der Waals surface area contributed by atoms with Crippen LogP contribution in [0.15, 0.2) is 34.1 Å². The van der Waals surface area contributed by atoms with Crippen LogP contribution in [0.25, 0.3) is 0 Å². The van der Waals surface area contributed by atoms with Crippen LogP contribution in [0.4, 0.5) is 0 Å². The number of aromatic nitrogens is 1. The van der Waals surface area contributed by atoms with Crippen molar-refractivity contribution in [2.24, 2.45) is 29.6 Å². The maximum Gasteiger partial charge on any atom is 0.323 e. The predicted octanol–water partition coefficient (Wildman–Crippen LogP) is 2.00. The number of carbonyl (C=O) groups is 3. The lowest BCUT2D eigenvalue weighted by Crippen LogP contribution is -2.42. The molecule has 32 heavy (non-hydrogen) atoms. The number of thioether (sulfide) groups is 1. The molecule has 6 rings (SSSR count). The molecule has 2 N–H and O–H groups in total. The molecule has 2 amide bonds. The van der Waals surface area contributed by atoms with Crippen LogP contribution in [-0.2, 0) is 14.4 Å². The summed E-state index contributed by atoms with van der Waals surface area (Å²) in [5, 5.41) is 10.1. The van der Waals surface area contributed by atoms with Crippen LogP contribution in [-0.4, -0.2) is 51.7 Å². The zero-order chi connectivity index (χ0) is 22.3. The number of imide groups is 1. The largest absolute Gasteiger partial charge is 0.497 e. The van der Waals surface area contributed by atoms with Gasteiger partial charge in [-0.1, -0.05) is 23.5 Å². The lowest BCUT2D eigenvalue weighted by molar-refractivity contribution is -0.149. The Morgan fingerprint density at radius 3 is 2.50 bits per heavy atom. The summed E-state index contributed by atoms with van der Waals surface area (Å²) in [7, 11) is 1.61. The van der Waals surface area contributed by atoms with Crippen LogP contribution in [0, 0.1) is 29.6 Å². The average molecular weight is 473 g/mol. The molecule has 3 fully saturated rings. The summed E-state index contributed by atoms with van der Waals surface area (Å²) in [4.78, 5) is 54.4. The number of hydrogen-bond donors (Lipinski definition) is 2. The highest BCUT2D eigenvalue weighted by Gasteiger charge is 2.69. The second-order valence-corrected chi connectivity index (χ2v) is 11.1. The summed E-state index contributed by atoms with van der Waals surface area (Å²) in [5.74, 6) is -2.04. The molecule has 2 aliphatic carbocycles. The first-order chi connectivity index (χ1) is 15.4. The third kappa shape index (κ3) is 2.62. The standard InChI is InChI=1S/C22H20N2O6S2/c1-30-9-4-2-8(3-5-9)13-14-10-6-11(17(14)31-19-18(13)32-22(29)23-19)16-15(10)20(27)24(21(16)28)7-12(25)26/h2-5,10-11,13-17H,6-7H2,1H3,(H,23,29)(H,25,26)/t10-,11+,13+,14+,15+,16+,17-/m0/s1. The summed E-state index contributed by atoms with van der Waals surface area (Å²) in [5.41, 5.74) is 1.06. The minimum absolute atomic E-state index is 0.00690. The minimum Gasteiger partial charge on any atom is -0.497 e. The number of hydrogen-bond acceptors (Lipinski definition) is 7. The number of nitrogens with one attached hydrogen (secondary N) is 1.